The molecule has 3 atom stereocenters. The fraction of sp³-hybridized carbons (Fsp3) is 1.00. The fourth-order valence-electron chi connectivity index (χ4n) is 3.03. The molecule has 0 radical (unpaired) electrons. The second-order valence-electron chi connectivity index (χ2n) is 5.28. The van der Waals surface area contributed by atoms with Crippen LogP contribution in [-0.2, 0) is 9.84 Å². The van der Waals surface area contributed by atoms with Crippen molar-refractivity contribution in [3.8, 4) is 0 Å². The van der Waals surface area contributed by atoms with Gasteiger partial charge in [0.1, 0.15) is 15.5 Å². The van der Waals surface area contributed by atoms with Crippen molar-refractivity contribution < 1.29 is 12.8 Å². The highest BCUT2D eigenvalue weighted by molar-refractivity contribution is 7.91. The second-order valence-corrected chi connectivity index (χ2v) is 7.60. The highest BCUT2D eigenvalue weighted by Gasteiger charge is 2.44. The number of alkyl halides is 1. The first-order valence-electron chi connectivity index (χ1n) is 6.00. The Bertz CT molecular complexity index is 349. The van der Waals surface area contributed by atoms with Gasteiger partial charge < -0.3 is 5.32 Å². The van der Waals surface area contributed by atoms with Crippen molar-refractivity contribution in [2.45, 2.75) is 43.0 Å². The molecule has 0 aromatic heterocycles. The molecule has 1 aliphatic carbocycles. The third-order valence-electron chi connectivity index (χ3n) is 4.10. The minimum atomic E-state index is -3.00. The van der Waals surface area contributed by atoms with Crippen LogP contribution in [0.4, 0.5) is 4.39 Å². The zero-order valence-electron chi connectivity index (χ0n) is 9.71. The minimum absolute atomic E-state index is 0.0732. The van der Waals surface area contributed by atoms with Gasteiger partial charge in [0.2, 0.25) is 0 Å². The minimum Gasteiger partial charge on any atom is -0.313 e. The van der Waals surface area contributed by atoms with E-state index in [2.05, 4.69) is 5.32 Å². The van der Waals surface area contributed by atoms with Gasteiger partial charge in [0.15, 0.2) is 0 Å². The lowest BCUT2D eigenvalue weighted by molar-refractivity contribution is 0.0770. The van der Waals surface area contributed by atoms with E-state index in [1.165, 1.54) is 6.26 Å². The number of hydrogen-bond donors (Lipinski definition) is 1. The molecule has 1 saturated carbocycles. The Labute approximate surface area is 96.7 Å². The zero-order valence-corrected chi connectivity index (χ0v) is 10.5. The fourth-order valence-corrected chi connectivity index (χ4v) is 4.21. The summed E-state index contributed by atoms with van der Waals surface area (Å²) in [6.45, 7) is 1.12. The van der Waals surface area contributed by atoms with E-state index in [0.717, 1.165) is 19.4 Å². The number of halogens is 1. The van der Waals surface area contributed by atoms with Gasteiger partial charge in [0.05, 0.1) is 5.25 Å². The molecule has 0 spiro atoms. The number of sulfone groups is 1. The molecule has 2 fully saturated rings. The van der Waals surface area contributed by atoms with E-state index in [4.69, 9.17) is 0 Å². The van der Waals surface area contributed by atoms with Crippen molar-refractivity contribution in [3.63, 3.8) is 0 Å². The first kappa shape index (κ1) is 12.3. The standard InChI is InChI=1S/C11H20FNO2S/c1-16(14,15)10-4-2-3-9(7-10)11(12)5-6-13-8-11/h9-10,13H,2-8H2,1H3. The average Bonchev–Trinajstić information content (AvgIpc) is 2.66. The number of hydrogen-bond acceptors (Lipinski definition) is 3. The third kappa shape index (κ3) is 2.40. The number of rotatable bonds is 2. The van der Waals surface area contributed by atoms with Crippen LogP contribution in [0.25, 0.3) is 0 Å². The van der Waals surface area contributed by atoms with E-state index in [9.17, 15) is 12.8 Å². The zero-order chi connectivity index (χ0) is 11.8. The maximum absolute atomic E-state index is 14.5. The third-order valence-corrected chi connectivity index (χ3v) is 5.74. The lowest BCUT2D eigenvalue weighted by Gasteiger charge is -2.35. The summed E-state index contributed by atoms with van der Waals surface area (Å²) in [4.78, 5) is 0. The van der Waals surface area contributed by atoms with Crippen molar-refractivity contribution in [2.24, 2.45) is 5.92 Å². The maximum atomic E-state index is 14.5. The summed E-state index contributed by atoms with van der Waals surface area (Å²) >= 11 is 0. The van der Waals surface area contributed by atoms with Gasteiger partial charge in [-0.15, -0.1) is 0 Å². The highest BCUT2D eigenvalue weighted by Crippen LogP contribution is 2.40. The van der Waals surface area contributed by atoms with E-state index >= 15 is 0 Å². The van der Waals surface area contributed by atoms with Crippen molar-refractivity contribution in [1.29, 1.82) is 0 Å². The van der Waals surface area contributed by atoms with E-state index in [-0.39, 0.29) is 11.2 Å². The van der Waals surface area contributed by atoms with Gasteiger partial charge in [0.25, 0.3) is 0 Å². The van der Waals surface area contributed by atoms with Crippen LogP contribution in [0.5, 0.6) is 0 Å². The van der Waals surface area contributed by atoms with Gasteiger partial charge >= 0.3 is 0 Å². The van der Waals surface area contributed by atoms with E-state index in [1.807, 2.05) is 0 Å². The molecule has 2 aliphatic rings. The van der Waals surface area contributed by atoms with Crippen LogP contribution in [0.1, 0.15) is 32.1 Å². The Balaban J connectivity index is 2.07. The summed E-state index contributed by atoms with van der Waals surface area (Å²) in [7, 11) is -3.00. The van der Waals surface area contributed by atoms with Crippen LogP contribution in [0.2, 0.25) is 0 Å². The Morgan fingerprint density at radius 3 is 2.69 bits per heavy atom. The second kappa shape index (κ2) is 4.26. The molecule has 3 unspecified atom stereocenters. The molecular weight excluding hydrogens is 229 g/mol. The first-order chi connectivity index (χ1) is 7.42. The van der Waals surface area contributed by atoms with Gasteiger partial charge in [-0.2, -0.15) is 0 Å². The molecular formula is C11H20FNO2S. The predicted molar refractivity (Wildman–Crippen MR) is 61.9 cm³/mol. The molecule has 1 saturated heterocycles. The summed E-state index contributed by atoms with van der Waals surface area (Å²) in [5, 5.41) is 2.72. The molecule has 16 heavy (non-hydrogen) atoms. The highest BCUT2D eigenvalue weighted by atomic mass is 32.2. The monoisotopic (exact) mass is 249 g/mol. The van der Waals surface area contributed by atoms with Crippen LogP contribution >= 0.6 is 0 Å². The van der Waals surface area contributed by atoms with Crippen molar-refractivity contribution in [3.05, 3.63) is 0 Å². The molecule has 3 nitrogen and oxygen atoms in total. The molecule has 1 heterocycles. The summed E-state index contributed by atoms with van der Waals surface area (Å²) in [6, 6.07) is 0. The van der Waals surface area contributed by atoms with Gasteiger partial charge in [-0.05, 0) is 38.1 Å². The number of nitrogens with one attached hydrogen (secondary N) is 1. The summed E-state index contributed by atoms with van der Waals surface area (Å²) in [5.41, 5.74) is -1.16. The molecule has 0 bridgehead atoms. The lowest BCUT2D eigenvalue weighted by atomic mass is 9.77. The Morgan fingerprint density at radius 2 is 2.12 bits per heavy atom. The smallest absolute Gasteiger partial charge is 0.150 e. The Kier molecular flexibility index (Phi) is 3.27. The Hall–Kier alpha value is -0.160. The molecule has 2 rings (SSSR count). The molecule has 0 amide bonds. The molecule has 1 N–H and O–H groups in total. The van der Waals surface area contributed by atoms with Crippen LogP contribution < -0.4 is 5.32 Å². The van der Waals surface area contributed by atoms with Gasteiger partial charge in [-0.25, -0.2) is 12.8 Å². The van der Waals surface area contributed by atoms with Crippen molar-refractivity contribution >= 4 is 9.84 Å². The lowest BCUT2D eigenvalue weighted by Crippen LogP contribution is -2.41. The SMILES string of the molecule is CS(=O)(=O)C1CCCC(C2(F)CCNC2)C1. The van der Waals surface area contributed by atoms with Crippen molar-refractivity contribution in [2.75, 3.05) is 19.3 Å². The van der Waals surface area contributed by atoms with Gasteiger partial charge in [0, 0.05) is 12.8 Å². The molecule has 1 aliphatic heterocycles. The normalized spacial score (nSPS) is 41.1. The molecule has 5 heteroatoms. The van der Waals surface area contributed by atoms with Crippen LogP contribution in [-0.4, -0.2) is 38.7 Å². The summed E-state index contributed by atoms with van der Waals surface area (Å²) < 4.78 is 37.5. The van der Waals surface area contributed by atoms with E-state index in [0.29, 0.717) is 25.8 Å². The summed E-state index contributed by atoms with van der Waals surface area (Å²) in [6.07, 6.45) is 4.71. The molecule has 0 aromatic carbocycles. The van der Waals surface area contributed by atoms with Gasteiger partial charge in [-0.3, -0.25) is 0 Å². The van der Waals surface area contributed by atoms with Crippen LogP contribution in [0.15, 0.2) is 0 Å². The largest absolute Gasteiger partial charge is 0.313 e. The molecule has 94 valence electrons. The van der Waals surface area contributed by atoms with E-state index in [1.54, 1.807) is 0 Å². The van der Waals surface area contributed by atoms with Gasteiger partial charge in [-0.1, -0.05) is 6.42 Å². The van der Waals surface area contributed by atoms with E-state index < -0.39 is 15.5 Å². The molecule has 0 aromatic rings. The topological polar surface area (TPSA) is 46.2 Å². The predicted octanol–water partition coefficient (Wildman–Crippen LogP) is 1.29. The van der Waals surface area contributed by atoms with Crippen LogP contribution in [0, 0.1) is 5.92 Å². The maximum Gasteiger partial charge on any atom is 0.150 e. The average molecular weight is 249 g/mol. The van der Waals surface area contributed by atoms with Crippen LogP contribution in [0.3, 0.4) is 0 Å². The Morgan fingerprint density at radius 1 is 1.38 bits per heavy atom. The first-order valence-corrected chi connectivity index (χ1v) is 7.96. The van der Waals surface area contributed by atoms with Crippen molar-refractivity contribution in [1.82, 2.24) is 5.32 Å². The summed E-state index contributed by atoms with van der Waals surface area (Å²) in [5.74, 6) is -0.0732. The quantitative estimate of drug-likeness (QED) is 0.802.